The van der Waals surface area contributed by atoms with Gasteiger partial charge in [0.05, 0.1) is 13.7 Å². The highest BCUT2D eigenvalue weighted by atomic mass is 16.5. The molecular weight excluding hydrogens is 370 g/mol. The molecule has 2 aromatic rings. The SMILES string of the molecule is CCOc1ccc(/C=C/C(=O)OCC(=O)Nc2c(C)cccc2CC)cc1OC. The zero-order valence-electron chi connectivity index (χ0n) is 17.3. The summed E-state index contributed by atoms with van der Waals surface area (Å²) < 4.78 is 15.8. The number of hydrogen-bond acceptors (Lipinski definition) is 5. The van der Waals surface area contributed by atoms with Gasteiger partial charge >= 0.3 is 5.97 Å². The number of anilines is 1. The molecule has 1 amide bonds. The number of nitrogens with one attached hydrogen (secondary N) is 1. The van der Waals surface area contributed by atoms with Gasteiger partial charge in [-0.05, 0) is 55.2 Å². The van der Waals surface area contributed by atoms with Crippen molar-refractivity contribution < 1.29 is 23.8 Å². The monoisotopic (exact) mass is 397 g/mol. The van der Waals surface area contributed by atoms with Crippen molar-refractivity contribution in [3.63, 3.8) is 0 Å². The summed E-state index contributed by atoms with van der Waals surface area (Å²) in [6.45, 7) is 6.01. The maximum Gasteiger partial charge on any atom is 0.331 e. The third kappa shape index (κ3) is 6.38. The molecule has 0 aliphatic rings. The number of rotatable bonds is 9. The highest BCUT2D eigenvalue weighted by molar-refractivity contribution is 5.95. The van der Waals surface area contributed by atoms with Crippen molar-refractivity contribution in [3.05, 3.63) is 59.2 Å². The van der Waals surface area contributed by atoms with E-state index in [-0.39, 0.29) is 12.5 Å². The van der Waals surface area contributed by atoms with Crippen LogP contribution in [-0.2, 0) is 20.7 Å². The van der Waals surface area contributed by atoms with E-state index in [1.807, 2.05) is 39.0 Å². The van der Waals surface area contributed by atoms with Gasteiger partial charge < -0.3 is 19.5 Å². The molecule has 0 heterocycles. The van der Waals surface area contributed by atoms with E-state index < -0.39 is 5.97 Å². The van der Waals surface area contributed by atoms with Gasteiger partial charge in [0.2, 0.25) is 0 Å². The Labute approximate surface area is 171 Å². The quantitative estimate of drug-likeness (QED) is 0.508. The molecule has 0 bridgehead atoms. The minimum absolute atomic E-state index is 0.354. The van der Waals surface area contributed by atoms with Crippen molar-refractivity contribution in [2.75, 3.05) is 25.6 Å². The lowest BCUT2D eigenvalue weighted by atomic mass is 10.1. The van der Waals surface area contributed by atoms with E-state index >= 15 is 0 Å². The number of benzene rings is 2. The molecule has 0 saturated heterocycles. The lowest BCUT2D eigenvalue weighted by molar-refractivity contribution is -0.142. The first-order valence-corrected chi connectivity index (χ1v) is 9.52. The van der Waals surface area contributed by atoms with Crippen LogP contribution in [-0.4, -0.2) is 32.2 Å². The molecule has 1 N–H and O–H groups in total. The Morgan fingerprint density at radius 3 is 2.59 bits per heavy atom. The Balaban J connectivity index is 1.92. The number of methoxy groups -OCH3 is 1. The lowest BCUT2D eigenvalue weighted by Gasteiger charge is -2.12. The second-order valence-electron chi connectivity index (χ2n) is 6.30. The lowest BCUT2D eigenvalue weighted by Crippen LogP contribution is -2.21. The van der Waals surface area contributed by atoms with Crippen LogP contribution >= 0.6 is 0 Å². The van der Waals surface area contributed by atoms with Gasteiger partial charge in [-0.25, -0.2) is 4.79 Å². The summed E-state index contributed by atoms with van der Waals surface area (Å²) in [5.41, 5.74) is 3.52. The summed E-state index contributed by atoms with van der Waals surface area (Å²) in [6.07, 6.45) is 3.66. The molecule has 154 valence electrons. The van der Waals surface area contributed by atoms with Crippen LogP contribution in [0.1, 0.15) is 30.5 Å². The molecule has 0 unspecified atom stereocenters. The van der Waals surface area contributed by atoms with E-state index in [9.17, 15) is 9.59 Å². The zero-order valence-corrected chi connectivity index (χ0v) is 17.3. The molecule has 0 fully saturated rings. The number of carbonyl (C=O) groups excluding carboxylic acids is 2. The molecular formula is C23H27NO5. The van der Waals surface area contributed by atoms with Crippen molar-refractivity contribution in [3.8, 4) is 11.5 Å². The number of para-hydroxylation sites is 1. The van der Waals surface area contributed by atoms with Crippen LogP contribution in [0.3, 0.4) is 0 Å². The predicted octanol–water partition coefficient (Wildman–Crippen LogP) is 4.16. The highest BCUT2D eigenvalue weighted by Gasteiger charge is 2.10. The van der Waals surface area contributed by atoms with Crippen molar-refractivity contribution in [1.82, 2.24) is 0 Å². The van der Waals surface area contributed by atoms with Crippen LogP contribution in [0.5, 0.6) is 11.5 Å². The number of ether oxygens (including phenoxy) is 3. The number of aryl methyl sites for hydroxylation is 2. The molecule has 0 spiro atoms. The molecule has 0 aromatic heterocycles. The molecule has 29 heavy (non-hydrogen) atoms. The van der Waals surface area contributed by atoms with Gasteiger partial charge in [-0.2, -0.15) is 0 Å². The minimum atomic E-state index is -0.603. The Morgan fingerprint density at radius 2 is 1.90 bits per heavy atom. The van der Waals surface area contributed by atoms with Gasteiger partial charge in [-0.3, -0.25) is 4.79 Å². The summed E-state index contributed by atoms with van der Waals surface area (Å²) >= 11 is 0. The smallest absolute Gasteiger partial charge is 0.331 e. The number of carbonyl (C=O) groups is 2. The maximum absolute atomic E-state index is 12.2. The molecule has 0 saturated carbocycles. The highest BCUT2D eigenvalue weighted by Crippen LogP contribution is 2.28. The third-order valence-corrected chi connectivity index (χ3v) is 4.25. The van der Waals surface area contributed by atoms with E-state index in [2.05, 4.69) is 5.32 Å². The van der Waals surface area contributed by atoms with E-state index in [1.54, 1.807) is 31.4 Å². The van der Waals surface area contributed by atoms with Crippen molar-refractivity contribution in [1.29, 1.82) is 0 Å². The van der Waals surface area contributed by atoms with Crippen molar-refractivity contribution >= 4 is 23.6 Å². The average Bonchev–Trinajstić information content (AvgIpc) is 2.73. The molecule has 6 nitrogen and oxygen atoms in total. The molecule has 0 radical (unpaired) electrons. The van der Waals surface area contributed by atoms with E-state index in [0.717, 1.165) is 28.8 Å². The van der Waals surface area contributed by atoms with Crippen LogP contribution in [0.25, 0.3) is 6.08 Å². The van der Waals surface area contributed by atoms with Crippen LogP contribution in [0.15, 0.2) is 42.5 Å². The zero-order chi connectivity index (χ0) is 21.2. The fourth-order valence-corrected chi connectivity index (χ4v) is 2.79. The first-order chi connectivity index (χ1) is 14.0. The molecule has 0 aliphatic carbocycles. The van der Waals surface area contributed by atoms with Crippen molar-refractivity contribution in [2.45, 2.75) is 27.2 Å². The number of esters is 1. The summed E-state index contributed by atoms with van der Waals surface area (Å²) in [5.74, 6) is 0.229. The largest absolute Gasteiger partial charge is 0.493 e. The van der Waals surface area contributed by atoms with Gasteiger partial charge in [0.15, 0.2) is 18.1 Å². The summed E-state index contributed by atoms with van der Waals surface area (Å²) in [5, 5.41) is 2.82. The fourth-order valence-electron chi connectivity index (χ4n) is 2.79. The van der Waals surface area contributed by atoms with Gasteiger partial charge in [-0.1, -0.05) is 31.2 Å². The Kier molecular flexibility index (Phi) is 8.27. The molecule has 6 heteroatoms. The van der Waals surface area contributed by atoms with Crippen LogP contribution in [0.2, 0.25) is 0 Å². The van der Waals surface area contributed by atoms with E-state index in [4.69, 9.17) is 14.2 Å². The fraction of sp³-hybridized carbons (Fsp3) is 0.304. The van der Waals surface area contributed by atoms with E-state index in [1.165, 1.54) is 6.08 Å². The molecule has 0 atom stereocenters. The topological polar surface area (TPSA) is 73.9 Å². The predicted molar refractivity (Wildman–Crippen MR) is 113 cm³/mol. The Hall–Kier alpha value is -3.28. The van der Waals surface area contributed by atoms with Gasteiger partial charge in [0.1, 0.15) is 0 Å². The summed E-state index contributed by atoms with van der Waals surface area (Å²) in [4.78, 5) is 24.1. The average molecular weight is 397 g/mol. The first kappa shape index (κ1) is 22.0. The Morgan fingerprint density at radius 1 is 1.10 bits per heavy atom. The van der Waals surface area contributed by atoms with E-state index in [0.29, 0.717) is 18.1 Å². The van der Waals surface area contributed by atoms with Crippen LogP contribution < -0.4 is 14.8 Å². The normalized spacial score (nSPS) is 10.6. The maximum atomic E-state index is 12.2. The molecule has 2 rings (SSSR count). The number of hydrogen-bond donors (Lipinski definition) is 1. The van der Waals surface area contributed by atoms with Crippen LogP contribution in [0, 0.1) is 6.92 Å². The summed E-state index contributed by atoms with van der Waals surface area (Å²) in [7, 11) is 1.55. The van der Waals surface area contributed by atoms with Gasteiger partial charge in [0.25, 0.3) is 5.91 Å². The Bertz CT molecular complexity index is 889. The second kappa shape index (κ2) is 10.9. The molecule has 0 aliphatic heterocycles. The van der Waals surface area contributed by atoms with Crippen LogP contribution in [0.4, 0.5) is 5.69 Å². The number of amides is 1. The van der Waals surface area contributed by atoms with Crippen molar-refractivity contribution in [2.24, 2.45) is 0 Å². The van der Waals surface area contributed by atoms with Gasteiger partial charge in [-0.15, -0.1) is 0 Å². The third-order valence-electron chi connectivity index (χ3n) is 4.25. The standard InChI is InChI=1S/C23H27NO5/c1-5-18-9-7-8-16(3)23(18)24-21(25)15-29-22(26)13-11-17-10-12-19(28-6-2)20(14-17)27-4/h7-14H,5-6,15H2,1-4H3,(H,24,25)/b13-11+. The first-order valence-electron chi connectivity index (χ1n) is 9.52. The summed E-state index contributed by atoms with van der Waals surface area (Å²) in [6, 6.07) is 11.2. The minimum Gasteiger partial charge on any atom is -0.493 e. The molecule has 2 aromatic carbocycles. The van der Waals surface area contributed by atoms with Gasteiger partial charge in [0, 0.05) is 11.8 Å². The second-order valence-corrected chi connectivity index (χ2v) is 6.30.